The van der Waals surface area contributed by atoms with Gasteiger partial charge in [-0.1, -0.05) is 6.07 Å². The Balaban J connectivity index is 2.93. The molecule has 1 heterocycles. The van der Waals surface area contributed by atoms with E-state index in [9.17, 15) is 17.2 Å². The lowest BCUT2D eigenvalue weighted by atomic mass is 10.6. The molecule has 0 saturated heterocycles. The number of sulfonamides is 1. The summed E-state index contributed by atoms with van der Waals surface area (Å²) in [6.45, 7) is -1.72. The topological polar surface area (TPSA) is 57.6 Å². The van der Waals surface area contributed by atoms with E-state index in [0.29, 0.717) is 4.31 Å². The van der Waals surface area contributed by atoms with Crippen LogP contribution in [0.4, 0.5) is 8.78 Å². The quantitative estimate of drug-likeness (QED) is 0.839. The first kappa shape index (κ1) is 13.5. The van der Waals surface area contributed by atoms with Gasteiger partial charge in [0.1, 0.15) is 4.21 Å². The number of rotatable bonds is 6. The molecule has 16 heavy (non-hydrogen) atoms. The van der Waals surface area contributed by atoms with Crippen LogP contribution in [0.15, 0.2) is 21.7 Å². The van der Waals surface area contributed by atoms with Gasteiger partial charge in [-0.05, 0) is 11.4 Å². The Kier molecular flexibility index (Phi) is 4.78. The summed E-state index contributed by atoms with van der Waals surface area (Å²) in [6, 6.07) is 2.87. The van der Waals surface area contributed by atoms with Gasteiger partial charge in [0.05, 0.1) is 13.2 Å². The summed E-state index contributed by atoms with van der Waals surface area (Å²) in [7, 11) is -3.90. The van der Waals surface area contributed by atoms with Crippen molar-refractivity contribution in [3.05, 3.63) is 17.5 Å². The molecular weight excluding hydrogens is 260 g/mol. The van der Waals surface area contributed by atoms with E-state index < -0.39 is 29.6 Å². The number of aliphatic hydroxyl groups is 1. The van der Waals surface area contributed by atoms with Crippen LogP contribution in [-0.4, -0.2) is 44.0 Å². The molecule has 8 heteroatoms. The highest BCUT2D eigenvalue weighted by Gasteiger charge is 2.27. The Bertz CT molecular complexity index is 405. The third kappa shape index (κ3) is 3.21. The monoisotopic (exact) mass is 271 g/mol. The second-order valence-electron chi connectivity index (χ2n) is 2.91. The zero-order chi connectivity index (χ0) is 12.2. The van der Waals surface area contributed by atoms with Crippen molar-refractivity contribution in [2.24, 2.45) is 0 Å². The second kappa shape index (κ2) is 5.67. The Hall–Kier alpha value is -0.570. The van der Waals surface area contributed by atoms with Crippen LogP contribution in [0.5, 0.6) is 0 Å². The van der Waals surface area contributed by atoms with Crippen LogP contribution in [0.3, 0.4) is 0 Å². The van der Waals surface area contributed by atoms with Crippen LogP contribution in [0.1, 0.15) is 0 Å². The molecule has 0 aliphatic heterocycles. The molecule has 1 rings (SSSR count). The summed E-state index contributed by atoms with van der Waals surface area (Å²) in [4.78, 5) is 0. The zero-order valence-electron chi connectivity index (χ0n) is 8.21. The fourth-order valence-corrected chi connectivity index (χ4v) is 3.67. The van der Waals surface area contributed by atoms with Crippen LogP contribution in [0.2, 0.25) is 0 Å². The highest BCUT2D eigenvalue weighted by Crippen LogP contribution is 2.21. The van der Waals surface area contributed by atoms with Gasteiger partial charge in [0.25, 0.3) is 16.4 Å². The van der Waals surface area contributed by atoms with E-state index in [1.807, 2.05) is 0 Å². The average molecular weight is 271 g/mol. The van der Waals surface area contributed by atoms with Crippen molar-refractivity contribution >= 4 is 21.4 Å². The minimum Gasteiger partial charge on any atom is -0.395 e. The van der Waals surface area contributed by atoms with Crippen LogP contribution in [0, 0.1) is 0 Å². The molecule has 0 radical (unpaired) electrons. The van der Waals surface area contributed by atoms with Crippen molar-refractivity contribution in [2.75, 3.05) is 19.7 Å². The first-order valence-electron chi connectivity index (χ1n) is 4.41. The number of thiophene rings is 1. The van der Waals surface area contributed by atoms with Gasteiger partial charge in [-0.3, -0.25) is 0 Å². The Morgan fingerprint density at radius 3 is 2.62 bits per heavy atom. The molecule has 0 aromatic carbocycles. The highest BCUT2D eigenvalue weighted by molar-refractivity contribution is 7.91. The lowest BCUT2D eigenvalue weighted by Crippen LogP contribution is -2.36. The summed E-state index contributed by atoms with van der Waals surface area (Å²) in [5.74, 6) is 0. The first-order valence-corrected chi connectivity index (χ1v) is 6.73. The standard InChI is InChI=1S/C8H11F2NO3S2/c9-7(10)6-11(3-4-12)16(13,14)8-2-1-5-15-8/h1-2,5,7,12H,3-4,6H2. The number of aliphatic hydroxyl groups excluding tert-OH is 1. The minimum atomic E-state index is -3.90. The molecule has 92 valence electrons. The number of nitrogens with zero attached hydrogens (tertiary/aromatic N) is 1. The number of hydrogen-bond donors (Lipinski definition) is 1. The van der Waals surface area contributed by atoms with Crippen molar-refractivity contribution in [1.82, 2.24) is 4.31 Å². The van der Waals surface area contributed by atoms with Gasteiger partial charge < -0.3 is 5.11 Å². The molecule has 0 aliphatic rings. The largest absolute Gasteiger partial charge is 0.395 e. The van der Waals surface area contributed by atoms with Gasteiger partial charge in [-0.2, -0.15) is 4.31 Å². The summed E-state index contributed by atoms with van der Waals surface area (Å²) in [6.07, 6.45) is -2.76. The van der Waals surface area contributed by atoms with Crippen molar-refractivity contribution < 1.29 is 22.3 Å². The maximum Gasteiger partial charge on any atom is 0.252 e. The number of halogens is 2. The Morgan fingerprint density at radius 2 is 2.19 bits per heavy atom. The van der Waals surface area contributed by atoms with E-state index in [1.54, 1.807) is 5.38 Å². The van der Waals surface area contributed by atoms with Crippen molar-refractivity contribution in [3.8, 4) is 0 Å². The van der Waals surface area contributed by atoms with E-state index in [0.717, 1.165) is 11.3 Å². The lowest BCUT2D eigenvalue weighted by Gasteiger charge is -2.19. The molecule has 0 spiro atoms. The minimum absolute atomic E-state index is 0.00148. The van der Waals surface area contributed by atoms with Crippen LogP contribution < -0.4 is 0 Å². The molecule has 1 aromatic rings. The maximum absolute atomic E-state index is 12.2. The SMILES string of the molecule is O=S(=O)(c1cccs1)N(CCO)CC(F)F. The normalized spacial score (nSPS) is 12.6. The van der Waals surface area contributed by atoms with Crippen LogP contribution in [-0.2, 0) is 10.0 Å². The van der Waals surface area contributed by atoms with Crippen molar-refractivity contribution in [3.63, 3.8) is 0 Å². The number of hydrogen-bond acceptors (Lipinski definition) is 4. The number of alkyl halides is 2. The van der Waals surface area contributed by atoms with E-state index in [1.165, 1.54) is 12.1 Å². The average Bonchev–Trinajstić information content (AvgIpc) is 2.69. The van der Waals surface area contributed by atoms with Crippen molar-refractivity contribution in [2.45, 2.75) is 10.6 Å². The van der Waals surface area contributed by atoms with Crippen LogP contribution in [0.25, 0.3) is 0 Å². The molecule has 0 bridgehead atoms. The fraction of sp³-hybridized carbons (Fsp3) is 0.500. The molecule has 0 amide bonds. The Morgan fingerprint density at radius 1 is 1.50 bits per heavy atom. The second-order valence-corrected chi connectivity index (χ2v) is 6.02. The zero-order valence-corrected chi connectivity index (χ0v) is 9.85. The van der Waals surface area contributed by atoms with Gasteiger partial charge in [-0.25, -0.2) is 17.2 Å². The van der Waals surface area contributed by atoms with Gasteiger partial charge in [0.15, 0.2) is 0 Å². The van der Waals surface area contributed by atoms with E-state index in [4.69, 9.17) is 5.11 Å². The van der Waals surface area contributed by atoms with Gasteiger partial charge in [0, 0.05) is 6.54 Å². The van der Waals surface area contributed by atoms with E-state index in [2.05, 4.69) is 0 Å². The summed E-state index contributed by atoms with van der Waals surface area (Å²) in [5.41, 5.74) is 0. The summed E-state index contributed by atoms with van der Waals surface area (Å²) < 4.78 is 48.6. The highest BCUT2D eigenvalue weighted by atomic mass is 32.2. The van der Waals surface area contributed by atoms with Gasteiger partial charge in [-0.15, -0.1) is 11.3 Å². The van der Waals surface area contributed by atoms with E-state index >= 15 is 0 Å². The van der Waals surface area contributed by atoms with Gasteiger partial charge >= 0.3 is 0 Å². The lowest BCUT2D eigenvalue weighted by molar-refractivity contribution is 0.113. The maximum atomic E-state index is 12.2. The molecule has 0 atom stereocenters. The van der Waals surface area contributed by atoms with E-state index in [-0.39, 0.29) is 10.8 Å². The third-order valence-corrected chi connectivity index (χ3v) is 5.02. The molecule has 1 aromatic heterocycles. The fourth-order valence-electron chi connectivity index (χ4n) is 1.11. The predicted molar refractivity (Wildman–Crippen MR) is 56.2 cm³/mol. The van der Waals surface area contributed by atoms with Gasteiger partial charge in [0.2, 0.25) is 0 Å². The van der Waals surface area contributed by atoms with Crippen molar-refractivity contribution in [1.29, 1.82) is 0 Å². The smallest absolute Gasteiger partial charge is 0.252 e. The molecule has 0 saturated carbocycles. The molecule has 0 aliphatic carbocycles. The summed E-state index contributed by atoms with van der Waals surface area (Å²) in [5, 5.41) is 10.2. The third-order valence-electron chi connectivity index (χ3n) is 1.78. The summed E-state index contributed by atoms with van der Waals surface area (Å²) >= 11 is 0.955. The first-order chi connectivity index (χ1) is 7.48. The van der Waals surface area contributed by atoms with Crippen LogP contribution >= 0.6 is 11.3 Å². The molecular formula is C8H11F2NO3S2. The Labute approximate surface area is 96.2 Å². The molecule has 4 nitrogen and oxygen atoms in total. The molecule has 0 fully saturated rings. The molecule has 1 N–H and O–H groups in total. The predicted octanol–water partition coefficient (Wildman–Crippen LogP) is 0.996. The molecule has 0 unspecified atom stereocenters.